The first-order valence-electron chi connectivity index (χ1n) is 7.43. The summed E-state index contributed by atoms with van der Waals surface area (Å²) < 4.78 is 56.1. The normalized spacial score (nSPS) is 10.6. The molecule has 0 nitrogen and oxygen atoms in total. The summed E-state index contributed by atoms with van der Waals surface area (Å²) >= 11 is 0. The molecule has 4 heteroatoms. The Morgan fingerprint density at radius 2 is 1.20 bits per heavy atom. The molecule has 0 radical (unpaired) electrons. The minimum Gasteiger partial charge on any atom is -0.206 e. The van der Waals surface area contributed by atoms with Gasteiger partial charge < -0.3 is 0 Å². The van der Waals surface area contributed by atoms with Crippen LogP contribution < -0.4 is 0 Å². The third kappa shape index (κ3) is 3.14. The molecule has 0 spiro atoms. The van der Waals surface area contributed by atoms with E-state index in [2.05, 4.69) is 0 Å². The summed E-state index contributed by atoms with van der Waals surface area (Å²) in [5.74, 6) is -1.15. The van der Waals surface area contributed by atoms with Gasteiger partial charge in [-0.3, -0.25) is 0 Å². The second-order valence-electron chi connectivity index (χ2n) is 5.64. The Morgan fingerprint density at radius 3 is 1.76 bits per heavy atom. The van der Waals surface area contributed by atoms with Gasteiger partial charge in [0.1, 0.15) is 23.3 Å². The fourth-order valence-electron chi connectivity index (χ4n) is 2.64. The van der Waals surface area contributed by atoms with E-state index in [1.165, 1.54) is 18.2 Å². The van der Waals surface area contributed by atoms with Crippen LogP contribution in [0.2, 0.25) is 0 Å². The highest BCUT2D eigenvalue weighted by molar-refractivity contribution is 5.72. The maximum Gasteiger partial charge on any atom is 0.142 e. The second kappa shape index (κ2) is 6.45. The minimum absolute atomic E-state index is 0.00218. The molecular formula is C21H12F4. The maximum absolute atomic E-state index is 14.5. The summed E-state index contributed by atoms with van der Waals surface area (Å²) in [6.45, 7) is 1.75. The van der Waals surface area contributed by atoms with Gasteiger partial charge >= 0.3 is 0 Å². The molecule has 0 fully saturated rings. The van der Waals surface area contributed by atoms with E-state index in [4.69, 9.17) is 6.42 Å². The average molecular weight is 340 g/mol. The summed E-state index contributed by atoms with van der Waals surface area (Å²) in [5, 5.41) is 0. The first kappa shape index (κ1) is 16.8. The van der Waals surface area contributed by atoms with Crippen LogP contribution in [0.15, 0.2) is 48.5 Å². The largest absolute Gasteiger partial charge is 0.206 e. The second-order valence-corrected chi connectivity index (χ2v) is 5.64. The zero-order valence-electron chi connectivity index (χ0n) is 13.2. The molecule has 0 heterocycles. The molecule has 0 aromatic heterocycles. The molecule has 3 aromatic carbocycles. The van der Waals surface area contributed by atoms with Crippen LogP contribution >= 0.6 is 0 Å². The first-order chi connectivity index (χ1) is 11.9. The standard InChI is InChI=1S/C21H12F4/c1-3-15-19(23)10-14(11-20(15)24)17-7-5-13(9-21(17)25)16-6-4-12(2)8-18(16)22/h1,4-11H,2H3. The molecule has 3 rings (SSSR count). The summed E-state index contributed by atoms with van der Waals surface area (Å²) in [5.41, 5.74) is 0.844. The van der Waals surface area contributed by atoms with Crippen molar-refractivity contribution in [1.29, 1.82) is 0 Å². The van der Waals surface area contributed by atoms with Crippen LogP contribution in [-0.2, 0) is 0 Å². The SMILES string of the molecule is C#Cc1c(F)cc(-c2ccc(-c3ccc(C)cc3F)cc2F)cc1F. The number of hydrogen-bond donors (Lipinski definition) is 0. The third-order valence-corrected chi connectivity index (χ3v) is 3.90. The van der Waals surface area contributed by atoms with Crippen LogP contribution in [-0.4, -0.2) is 0 Å². The number of terminal acetylenes is 1. The van der Waals surface area contributed by atoms with Gasteiger partial charge in [0.2, 0.25) is 0 Å². The van der Waals surface area contributed by atoms with Crippen molar-refractivity contribution >= 4 is 0 Å². The van der Waals surface area contributed by atoms with Crippen molar-refractivity contribution in [1.82, 2.24) is 0 Å². The lowest BCUT2D eigenvalue weighted by atomic mass is 9.97. The molecule has 0 aliphatic rings. The Hall–Kier alpha value is -3.06. The molecule has 0 N–H and O–H groups in total. The monoisotopic (exact) mass is 340 g/mol. The lowest BCUT2D eigenvalue weighted by Crippen LogP contribution is -1.94. The molecule has 25 heavy (non-hydrogen) atoms. The van der Waals surface area contributed by atoms with E-state index in [0.29, 0.717) is 5.56 Å². The van der Waals surface area contributed by atoms with Gasteiger partial charge in [-0.15, -0.1) is 6.42 Å². The molecule has 124 valence electrons. The topological polar surface area (TPSA) is 0 Å². The van der Waals surface area contributed by atoms with Crippen molar-refractivity contribution in [3.63, 3.8) is 0 Å². The van der Waals surface area contributed by atoms with Crippen LogP contribution in [0.5, 0.6) is 0 Å². The van der Waals surface area contributed by atoms with Gasteiger partial charge in [0.25, 0.3) is 0 Å². The van der Waals surface area contributed by atoms with Crippen molar-refractivity contribution in [2.24, 2.45) is 0 Å². The van der Waals surface area contributed by atoms with Crippen molar-refractivity contribution in [2.45, 2.75) is 6.92 Å². The molecule has 3 aromatic rings. The Balaban J connectivity index is 2.08. The highest BCUT2D eigenvalue weighted by atomic mass is 19.1. The van der Waals surface area contributed by atoms with Crippen LogP contribution in [0.4, 0.5) is 17.6 Å². The molecule has 0 aliphatic heterocycles. The van der Waals surface area contributed by atoms with Crippen LogP contribution in [0, 0.1) is 42.5 Å². The molecule has 0 saturated heterocycles. The van der Waals surface area contributed by atoms with E-state index in [-0.39, 0.29) is 16.7 Å². The summed E-state index contributed by atoms with van der Waals surface area (Å²) in [6.07, 6.45) is 5.04. The minimum atomic E-state index is -0.939. The van der Waals surface area contributed by atoms with E-state index in [1.54, 1.807) is 19.1 Å². The van der Waals surface area contributed by atoms with Crippen LogP contribution in [0.3, 0.4) is 0 Å². The molecule has 0 amide bonds. The van der Waals surface area contributed by atoms with Gasteiger partial charge in [-0.05, 0) is 47.9 Å². The van der Waals surface area contributed by atoms with Gasteiger partial charge in [0.15, 0.2) is 0 Å². The summed E-state index contributed by atoms with van der Waals surface area (Å²) in [7, 11) is 0. The zero-order valence-corrected chi connectivity index (χ0v) is 13.2. The van der Waals surface area contributed by atoms with E-state index in [0.717, 1.165) is 23.8 Å². The van der Waals surface area contributed by atoms with E-state index in [1.807, 2.05) is 5.92 Å². The number of hydrogen-bond acceptors (Lipinski definition) is 0. The van der Waals surface area contributed by atoms with E-state index in [9.17, 15) is 17.6 Å². The van der Waals surface area contributed by atoms with Gasteiger partial charge in [-0.2, -0.15) is 0 Å². The Kier molecular flexibility index (Phi) is 4.33. The number of rotatable bonds is 2. The zero-order chi connectivity index (χ0) is 18.1. The molecule has 0 saturated carbocycles. The van der Waals surface area contributed by atoms with E-state index >= 15 is 0 Å². The number of halogens is 4. The average Bonchev–Trinajstić information content (AvgIpc) is 2.54. The highest BCUT2D eigenvalue weighted by Crippen LogP contribution is 2.31. The van der Waals surface area contributed by atoms with Gasteiger partial charge in [-0.1, -0.05) is 30.2 Å². The van der Waals surface area contributed by atoms with Crippen molar-refractivity contribution < 1.29 is 17.6 Å². The number of aryl methyl sites for hydroxylation is 1. The fourth-order valence-corrected chi connectivity index (χ4v) is 2.64. The van der Waals surface area contributed by atoms with Crippen molar-refractivity contribution in [3.05, 3.63) is 82.9 Å². The van der Waals surface area contributed by atoms with E-state index < -0.39 is 28.8 Å². The van der Waals surface area contributed by atoms with Gasteiger partial charge in [-0.25, -0.2) is 17.6 Å². The smallest absolute Gasteiger partial charge is 0.142 e. The predicted molar refractivity (Wildman–Crippen MR) is 89.8 cm³/mol. The Morgan fingerprint density at radius 1 is 0.680 bits per heavy atom. The molecule has 0 bridgehead atoms. The lowest BCUT2D eigenvalue weighted by molar-refractivity contribution is 0.578. The fraction of sp³-hybridized carbons (Fsp3) is 0.0476. The quantitative estimate of drug-likeness (QED) is 0.404. The van der Waals surface area contributed by atoms with Crippen LogP contribution in [0.1, 0.15) is 11.1 Å². The Bertz CT molecular complexity index is 990. The molecule has 0 aliphatic carbocycles. The van der Waals surface area contributed by atoms with Gasteiger partial charge in [0.05, 0.1) is 5.56 Å². The highest BCUT2D eigenvalue weighted by Gasteiger charge is 2.14. The van der Waals surface area contributed by atoms with Crippen molar-refractivity contribution in [3.8, 4) is 34.6 Å². The van der Waals surface area contributed by atoms with Gasteiger partial charge in [0, 0.05) is 11.1 Å². The maximum atomic E-state index is 14.5. The predicted octanol–water partition coefficient (Wildman–Crippen LogP) is 5.87. The molecular weight excluding hydrogens is 328 g/mol. The summed E-state index contributed by atoms with van der Waals surface area (Å²) in [6, 6.07) is 10.6. The number of benzene rings is 3. The lowest BCUT2D eigenvalue weighted by Gasteiger charge is -2.09. The first-order valence-corrected chi connectivity index (χ1v) is 7.43. The molecule has 0 unspecified atom stereocenters. The van der Waals surface area contributed by atoms with Crippen LogP contribution in [0.25, 0.3) is 22.3 Å². The molecule has 0 atom stereocenters. The Labute approximate surface area is 142 Å². The third-order valence-electron chi connectivity index (χ3n) is 3.90. The summed E-state index contributed by atoms with van der Waals surface area (Å²) in [4.78, 5) is 0. The van der Waals surface area contributed by atoms with Crippen molar-refractivity contribution in [2.75, 3.05) is 0 Å².